The van der Waals surface area contributed by atoms with Gasteiger partial charge in [0, 0.05) is 40.7 Å². The van der Waals surface area contributed by atoms with Crippen LogP contribution in [-0.2, 0) is 25.5 Å². The van der Waals surface area contributed by atoms with Gasteiger partial charge in [0.2, 0.25) is 12.3 Å². The predicted octanol–water partition coefficient (Wildman–Crippen LogP) is 1.20. The van der Waals surface area contributed by atoms with E-state index >= 15 is 0 Å². The summed E-state index contributed by atoms with van der Waals surface area (Å²) in [4.78, 5) is 41.7. The Kier molecular flexibility index (Phi) is 10.1. The minimum Gasteiger partial charge on any atom is -0.376 e. The SMILES string of the molecule is CNC(=O)C(CCC=O)N(C=O)c1cccc(CCCN2CCOC3(CCNCC3)C2)c1N(C)C. The van der Waals surface area contributed by atoms with Crippen molar-refractivity contribution >= 4 is 30.0 Å². The van der Waals surface area contributed by atoms with Crippen molar-refractivity contribution in [2.24, 2.45) is 0 Å². The molecule has 0 aromatic heterocycles. The van der Waals surface area contributed by atoms with E-state index in [1.807, 2.05) is 31.1 Å². The molecule has 1 unspecified atom stereocenters. The molecule has 2 aliphatic heterocycles. The Labute approximate surface area is 209 Å². The van der Waals surface area contributed by atoms with Gasteiger partial charge in [-0.1, -0.05) is 12.1 Å². The second-order valence-electron chi connectivity index (χ2n) is 9.73. The van der Waals surface area contributed by atoms with Gasteiger partial charge < -0.3 is 30.0 Å². The number of aryl methyl sites for hydroxylation is 1. The number of benzene rings is 1. The van der Waals surface area contributed by atoms with Crippen LogP contribution < -0.4 is 20.4 Å². The van der Waals surface area contributed by atoms with Gasteiger partial charge in [0.15, 0.2) is 0 Å². The minimum atomic E-state index is -0.744. The number of para-hydroxylation sites is 1. The van der Waals surface area contributed by atoms with Crippen LogP contribution in [0.2, 0.25) is 0 Å². The second kappa shape index (κ2) is 13.0. The van der Waals surface area contributed by atoms with Crippen molar-refractivity contribution in [3.63, 3.8) is 0 Å². The fraction of sp³-hybridized carbons (Fsp3) is 0.654. The number of carbonyl (C=O) groups is 3. The third-order valence-corrected chi connectivity index (χ3v) is 7.14. The van der Waals surface area contributed by atoms with E-state index in [4.69, 9.17) is 4.74 Å². The second-order valence-corrected chi connectivity index (χ2v) is 9.73. The molecule has 9 nitrogen and oxygen atoms in total. The van der Waals surface area contributed by atoms with E-state index in [1.165, 1.54) is 4.90 Å². The summed E-state index contributed by atoms with van der Waals surface area (Å²) in [5, 5.41) is 6.06. The van der Waals surface area contributed by atoms with E-state index < -0.39 is 6.04 Å². The lowest BCUT2D eigenvalue weighted by atomic mass is 9.90. The molecule has 1 aromatic rings. The molecule has 1 atom stereocenters. The summed E-state index contributed by atoms with van der Waals surface area (Å²) >= 11 is 0. The highest BCUT2D eigenvalue weighted by Gasteiger charge is 2.37. The summed E-state index contributed by atoms with van der Waals surface area (Å²) in [5.74, 6) is -0.284. The number of hydrogen-bond donors (Lipinski definition) is 2. The molecule has 1 aromatic carbocycles. The number of ether oxygens (including phenoxy) is 1. The maximum atomic E-state index is 12.6. The molecule has 2 aliphatic rings. The number of morpholine rings is 1. The number of nitrogens with one attached hydrogen (secondary N) is 2. The highest BCUT2D eigenvalue weighted by molar-refractivity contribution is 5.95. The maximum Gasteiger partial charge on any atom is 0.242 e. The predicted molar refractivity (Wildman–Crippen MR) is 138 cm³/mol. The van der Waals surface area contributed by atoms with Gasteiger partial charge in [-0.25, -0.2) is 0 Å². The zero-order valence-corrected chi connectivity index (χ0v) is 21.4. The van der Waals surface area contributed by atoms with Crippen molar-refractivity contribution in [3.8, 4) is 0 Å². The average Bonchev–Trinajstić information content (AvgIpc) is 2.86. The monoisotopic (exact) mass is 487 g/mol. The number of rotatable bonds is 12. The Morgan fingerprint density at radius 2 is 2.06 bits per heavy atom. The number of hydrogen-bond acceptors (Lipinski definition) is 7. The van der Waals surface area contributed by atoms with Gasteiger partial charge in [-0.2, -0.15) is 0 Å². The zero-order valence-electron chi connectivity index (χ0n) is 21.4. The van der Waals surface area contributed by atoms with E-state index in [0.29, 0.717) is 12.1 Å². The van der Waals surface area contributed by atoms with Crippen LogP contribution >= 0.6 is 0 Å². The highest BCUT2D eigenvalue weighted by Crippen LogP contribution is 2.34. The molecule has 0 aliphatic carbocycles. The molecular weight excluding hydrogens is 446 g/mol. The maximum absolute atomic E-state index is 12.6. The zero-order chi connectivity index (χ0) is 25.3. The van der Waals surface area contributed by atoms with Crippen molar-refractivity contribution in [2.75, 3.05) is 70.3 Å². The first-order chi connectivity index (χ1) is 16.9. The van der Waals surface area contributed by atoms with Crippen molar-refractivity contribution in [3.05, 3.63) is 23.8 Å². The molecule has 1 spiro atoms. The summed E-state index contributed by atoms with van der Waals surface area (Å²) in [6.07, 6.45) is 5.93. The van der Waals surface area contributed by atoms with E-state index in [2.05, 4.69) is 21.6 Å². The van der Waals surface area contributed by atoms with Crippen LogP contribution in [0.25, 0.3) is 0 Å². The van der Waals surface area contributed by atoms with E-state index in [-0.39, 0.29) is 24.3 Å². The molecule has 9 heteroatoms. The third-order valence-electron chi connectivity index (χ3n) is 7.14. The summed E-state index contributed by atoms with van der Waals surface area (Å²) in [5.41, 5.74) is 2.74. The number of aldehydes is 1. The number of anilines is 2. The molecule has 2 amide bonds. The van der Waals surface area contributed by atoms with Gasteiger partial charge in [0.1, 0.15) is 12.3 Å². The molecule has 0 radical (unpaired) electrons. The lowest BCUT2D eigenvalue weighted by molar-refractivity contribution is -0.123. The molecule has 35 heavy (non-hydrogen) atoms. The quantitative estimate of drug-likeness (QED) is 0.428. The Bertz CT molecular complexity index is 851. The summed E-state index contributed by atoms with van der Waals surface area (Å²) in [7, 11) is 5.45. The van der Waals surface area contributed by atoms with Gasteiger partial charge in [0.25, 0.3) is 0 Å². The van der Waals surface area contributed by atoms with Gasteiger partial charge in [-0.15, -0.1) is 0 Å². The smallest absolute Gasteiger partial charge is 0.242 e. The van der Waals surface area contributed by atoms with Gasteiger partial charge >= 0.3 is 0 Å². The van der Waals surface area contributed by atoms with Crippen LogP contribution in [0.15, 0.2) is 18.2 Å². The molecule has 2 saturated heterocycles. The van der Waals surface area contributed by atoms with Crippen LogP contribution in [0.4, 0.5) is 11.4 Å². The fourth-order valence-corrected chi connectivity index (χ4v) is 5.38. The molecule has 3 rings (SSSR count). The van der Waals surface area contributed by atoms with Crippen LogP contribution in [0.5, 0.6) is 0 Å². The third kappa shape index (κ3) is 6.80. The number of likely N-dealkylation sites (N-methyl/N-ethyl adjacent to an activating group) is 1. The number of amides is 2. The minimum absolute atomic E-state index is 0.000936. The molecule has 2 N–H and O–H groups in total. The number of nitrogens with zero attached hydrogens (tertiary/aromatic N) is 3. The van der Waals surface area contributed by atoms with E-state index in [1.54, 1.807) is 7.05 Å². The number of piperidine rings is 1. The standard InChI is InChI=1S/C26H41N5O4/c1-27-25(34)23(10-6-17-32)31(20-33)22-9-4-7-21(24(22)29(2)3)8-5-15-30-16-18-35-26(19-30)11-13-28-14-12-26/h4,7,9,17,20,23,28H,5-6,8,10-16,18-19H2,1-3H3,(H,27,34). The topological polar surface area (TPSA) is 94.2 Å². The first-order valence-electron chi connectivity index (χ1n) is 12.7. The van der Waals surface area contributed by atoms with Crippen molar-refractivity contribution in [1.29, 1.82) is 0 Å². The Morgan fingerprint density at radius 1 is 1.29 bits per heavy atom. The van der Waals surface area contributed by atoms with Crippen molar-refractivity contribution in [1.82, 2.24) is 15.5 Å². The summed E-state index contributed by atoms with van der Waals surface area (Å²) < 4.78 is 6.20. The van der Waals surface area contributed by atoms with Crippen molar-refractivity contribution in [2.45, 2.75) is 50.2 Å². The average molecular weight is 488 g/mol. The van der Waals surface area contributed by atoms with Gasteiger partial charge in [0.05, 0.1) is 23.6 Å². The Hall–Kier alpha value is -2.49. The summed E-state index contributed by atoms with van der Waals surface area (Å²) in [6, 6.07) is 5.15. The first-order valence-corrected chi connectivity index (χ1v) is 12.7. The van der Waals surface area contributed by atoms with Crippen LogP contribution in [0.3, 0.4) is 0 Å². The van der Waals surface area contributed by atoms with Crippen LogP contribution in [0, 0.1) is 0 Å². The molecule has 194 valence electrons. The number of carbonyl (C=O) groups excluding carboxylic acids is 3. The van der Waals surface area contributed by atoms with Crippen LogP contribution in [0.1, 0.15) is 37.7 Å². The van der Waals surface area contributed by atoms with Crippen molar-refractivity contribution < 1.29 is 19.1 Å². The summed E-state index contributed by atoms with van der Waals surface area (Å²) in [6.45, 7) is 5.76. The largest absolute Gasteiger partial charge is 0.376 e. The van der Waals surface area contributed by atoms with Gasteiger partial charge in [-0.05, 0) is 63.4 Å². The first kappa shape index (κ1) is 27.1. The normalized spacial score (nSPS) is 18.6. The van der Waals surface area contributed by atoms with Crippen LogP contribution in [-0.4, -0.2) is 95.6 Å². The lowest BCUT2D eigenvalue weighted by Crippen LogP contribution is -2.56. The Balaban J connectivity index is 1.74. The molecular formula is C26H41N5O4. The van der Waals surface area contributed by atoms with E-state index in [9.17, 15) is 14.4 Å². The molecule has 0 bridgehead atoms. The van der Waals surface area contributed by atoms with E-state index in [0.717, 1.165) is 82.6 Å². The lowest BCUT2D eigenvalue weighted by Gasteiger charge is -2.45. The molecule has 0 saturated carbocycles. The van der Waals surface area contributed by atoms with Gasteiger partial charge in [-0.3, -0.25) is 14.5 Å². The fourth-order valence-electron chi connectivity index (χ4n) is 5.38. The highest BCUT2D eigenvalue weighted by atomic mass is 16.5. The molecule has 2 heterocycles. The molecule has 2 fully saturated rings. The Morgan fingerprint density at radius 3 is 2.71 bits per heavy atom.